The lowest BCUT2D eigenvalue weighted by molar-refractivity contribution is 0.0514. The van der Waals surface area contributed by atoms with Crippen LogP contribution in [0.2, 0.25) is 0 Å². The molecule has 1 aliphatic carbocycles. The Labute approximate surface area is 124 Å². The molecule has 2 fully saturated rings. The van der Waals surface area contributed by atoms with Gasteiger partial charge in [0.2, 0.25) is 0 Å². The Bertz CT molecular complexity index is 541. The minimum atomic E-state index is -1.02. The number of piperidine rings is 1. The molecule has 5 nitrogen and oxygen atoms in total. The zero-order valence-corrected chi connectivity index (χ0v) is 12.0. The van der Waals surface area contributed by atoms with Crippen molar-refractivity contribution in [3.8, 4) is 0 Å². The average Bonchev–Trinajstić information content (AvgIpc) is 2.54. The first kappa shape index (κ1) is 14.0. The van der Waals surface area contributed by atoms with E-state index in [0.29, 0.717) is 11.6 Å². The Morgan fingerprint density at radius 1 is 1.14 bits per heavy atom. The van der Waals surface area contributed by atoms with Crippen molar-refractivity contribution in [2.45, 2.75) is 32.1 Å². The van der Waals surface area contributed by atoms with Crippen LogP contribution in [0.3, 0.4) is 0 Å². The molecule has 0 bridgehead atoms. The summed E-state index contributed by atoms with van der Waals surface area (Å²) in [5, 5.41) is 8.86. The summed E-state index contributed by atoms with van der Waals surface area (Å²) in [4.78, 5) is 29.2. The number of aromatic carboxylic acids is 1. The van der Waals surface area contributed by atoms with E-state index in [9.17, 15) is 9.59 Å². The molecule has 2 aliphatic rings. The van der Waals surface area contributed by atoms with Gasteiger partial charge in [-0.15, -0.1) is 0 Å². The van der Waals surface area contributed by atoms with Gasteiger partial charge in [-0.25, -0.2) is 4.79 Å². The summed E-state index contributed by atoms with van der Waals surface area (Å²) in [6.45, 7) is 1.62. The number of carbonyl (C=O) groups is 2. The largest absolute Gasteiger partial charge is 0.478 e. The van der Waals surface area contributed by atoms with Crippen molar-refractivity contribution < 1.29 is 14.7 Å². The molecule has 1 saturated carbocycles. The topological polar surface area (TPSA) is 70.5 Å². The van der Waals surface area contributed by atoms with Gasteiger partial charge in [0.15, 0.2) is 0 Å². The van der Waals surface area contributed by atoms with E-state index < -0.39 is 5.97 Å². The fourth-order valence-corrected chi connectivity index (χ4v) is 3.59. The molecule has 1 aliphatic heterocycles. The molecule has 1 amide bonds. The standard InChI is InChI=1S/C16H20N2O3/c19-15(14-6-5-12(9-17-14)16(20)21)18-8-7-11-3-1-2-4-13(11)10-18/h5-6,9,11,13H,1-4,7-8,10H2,(H,20,21). The Morgan fingerprint density at radius 3 is 2.57 bits per heavy atom. The lowest BCUT2D eigenvalue weighted by atomic mass is 9.75. The van der Waals surface area contributed by atoms with Crippen molar-refractivity contribution >= 4 is 11.9 Å². The quantitative estimate of drug-likeness (QED) is 0.907. The highest BCUT2D eigenvalue weighted by Gasteiger charge is 2.33. The predicted molar refractivity (Wildman–Crippen MR) is 77.2 cm³/mol. The monoisotopic (exact) mass is 288 g/mol. The van der Waals surface area contributed by atoms with Gasteiger partial charge in [-0.2, -0.15) is 0 Å². The summed E-state index contributed by atoms with van der Waals surface area (Å²) < 4.78 is 0. The van der Waals surface area contributed by atoms with E-state index in [2.05, 4.69) is 4.98 Å². The van der Waals surface area contributed by atoms with E-state index in [0.717, 1.165) is 25.4 Å². The number of carboxylic acid groups (broad SMARTS) is 1. The van der Waals surface area contributed by atoms with Crippen LogP contribution in [0.1, 0.15) is 53.0 Å². The van der Waals surface area contributed by atoms with Crippen LogP contribution in [0.25, 0.3) is 0 Å². The lowest BCUT2D eigenvalue weighted by Crippen LogP contribution is -2.45. The number of carbonyl (C=O) groups excluding carboxylic acids is 1. The van der Waals surface area contributed by atoms with Gasteiger partial charge in [-0.05, 0) is 36.8 Å². The summed E-state index contributed by atoms with van der Waals surface area (Å²) in [5.41, 5.74) is 0.451. The van der Waals surface area contributed by atoms with Gasteiger partial charge in [0.25, 0.3) is 5.91 Å². The van der Waals surface area contributed by atoms with Gasteiger partial charge in [0.1, 0.15) is 5.69 Å². The van der Waals surface area contributed by atoms with Gasteiger partial charge < -0.3 is 10.0 Å². The molecule has 1 aromatic rings. The number of pyridine rings is 1. The second kappa shape index (κ2) is 5.84. The summed E-state index contributed by atoms with van der Waals surface area (Å²) in [5.74, 6) is 0.320. The van der Waals surface area contributed by atoms with Crippen molar-refractivity contribution in [1.29, 1.82) is 0 Å². The number of aromatic nitrogens is 1. The predicted octanol–water partition coefficient (Wildman–Crippen LogP) is 2.43. The molecule has 0 spiro atoms. The van der Waals surface area contributed by atoms with Crippen LogP contribution in [0, 0.1) is 11.8 Å². The summed E-state index contributed by atoms with van der Waals surface area (Å²) in [6.07, 6.45) is 7.46. The normalized spacial score (nSPS) is 25.2. The highest BCUT2D eigenvalue weighted by atomic mass is 16.4. The van der Waals surface area contributed by atoms with E-state index in [1.54, 1.807) is 0 Å². The number of rotatable bonds is 2. The van der Waals surface area contributed by atoms with Gasteiger partial charge in [0.05, 0.1) is 5.56 Å². The maximum Gasteiger partial charge on any atom is 0.337 e. The molecule has 0 radical (unpaired) electrons. The Balaban J connectivity index is 1.68. The molecule has 2 atom stereocenters. The molecule has 5 heteroatoms. The second-order valence-electron chi connectivity index (χ2n) is 6.08. The molecule has 1 N–H and O–H groups in total. The van der Waals surface area contributed by atoms with Gasteiger partial charge >= 0.3 is 5.97 Å². The highest BCUT2D eigenvalue weighted by molar-refractivity contribution is 5.93. The number of fused-ring (bicyclic) bond motifs is 1. The molecule has 2 unspecified atom stereocenters. The lowest BCUT2D eigenvalue weighted by Gasteiger charge is -2.41. The average molecular weight is 288 g/mol. The second-order valence-corrected chi connectivity index (χ2v) is 6.08. The fraction of sp³-hybridized carbons (Fsp3) is 0.562. The SMILES string of the molecule is O=C(O)c1ccc(C(=O)N2CCC3CCCCC3C2)nc1. The summed E-state index contributed by atoms with van der Waals surface area (Å²) in [7, 11) is 0. The van der Waals surface area contributed by atoms with Crippen molar-refractivity contribution in [3.05, 3.63) is 29.6 Å². The van der Waals surface area contributed by atoms with Crippen molar-refractivity contribution in [3.63, 3.8) is 0 Å². The zero-order chi connectivity index (χ0) is 14.8. The fourth-order valence-electron chi connectivity index (χ4n) is 3.59. The number of amides is 1. The molecule has 1 saturated heterocycles. The van der Waals surface area contributed by atoms with E-state index in [-0.39, 0.29) is 11.5 Å². The molecule has 2 heterocycles. The van der Waals surface area contributed by atoms with Gasteiger partial charge in [-0.3, -0.25) is 9.78 Å². The Hall–Kier alpha value is -1.91. The van der Waals surface area contributed by atoms with Crippen LogP contribution in [-0.4, -0.2) is 40.0 Å². The molecular formula is C16H20N2O3. The first-order chi connectivity index (χ1) is 10.1. The zero-order valence-electron chi connectivity index (χ0n) is 12.0. The van der Waals surface area contributed by atoms with Crippen LogP contribution in [0.4, 0.5) is 0 Å². The van der Waals surface area contributed by atoms with Crippen LogP contribution in [-0.2, 0) is 0 Å². The van der Waals surface area contributed by atoms with Gasteiger partial charge in [0, 0.05) is 19.3 Å². The number of nitrogens with zero attached hydrogens (tertiary/aromatic N) is 2. The third kappa shape index (κ3) is 2.91. The molecule has 0 aromatic carbocycles. The highest BCUT2D eigenvalue weighted by Crippen LogP contribution is 2.36. The number of likely N-dealkylation sites (tertiary alicyclic amines) is 1. The van der Waals surface area contributed by atoms with E-state index in [4.69, 9.17) is 5.11 Å². The van der Waals surface area contributed by atoms with Crippen molar-refractivity contribution in [1.82, 2.24) is 9.88 Å². The number of hydrogen-bond acceptors (Lipinski definition) is 3. The van der Waals surface area contributed by atoms with Crippen LogP contribution < -0.4 is 0 Å². The van der Waals surface area contributed by atoms with Crippen LogP contribution >= 0.6 is 0 Å². The minimum absolute atomic E-state index is 0.0732. The number of hydrogen-bond donors (Lipinski definition) is 1. The Morgan fingerprint density at radius 2 is 1.90 bits per heavy atom. The van der Waals surface area contributed by atoms with Gasteiger partial charge in [-0.1, -0.05) is 19.3 Å². The summed E-state index contributed by atoms with van der Waals surface area (Å²) in [6, 6.07) is 2.95. The van der Waals surface area contributed by atoms with Crippen LogP contribution in [0.5, 0.6) is 0 Å². The smallest absolute Gasteiger partial charge is 0.337 e. The third-order valence-corrected chi connectivity index (χ3v) is 4.81. The van der Waals surface area contributed by atoms with E-state index >= 15 is 0 Å². The molecule has 1 aromatic heterocycles. The van der Waals surface area contributed by atoms with E-state index in [1.165, 1.54) is 44.0 Å². The maximum atomic E-state index is 12.5. The maximum absolute atomic E-state index is 12.5. The first-order valence-electron chi connectivity index (χ1n) is 7.64. The molecule has 21 heavy (non-hydrogen) atoms. The molecule has 112 valence electrons. The molecular weight excluding hydrogens is 268 g/mol. The van der Waals surface area contributed by atoms with Crippen molar-refractivity contribution in [2.75, 3.05) is 13.1 Å². The minimum Gasteiger partial charge on any atom is -0.478 e. The Kier molecular flexibility index (Phi) is 3.90. The first-order valence-corrected chi connectivity index (χ1v) is 7.64. The molecule has 3 rings (SSSR count). The van der Waals surface area contributed by atoms with E-state index in [1.807, 2.05) is 4.90 Å². The van der Waals surface area contributed by atoms with Crippen molar-refractivity contribution in [2.24, 2.45) is 11.8 Å². The third-order valence-electron chi connectivity index (χ3n) is 4.81. The van der Waals surface area contributed by atoms with Crippen LogP contribution in [0.15, 0.2) is 18.3 Å². The number of carboxylic acids is 1. The summed E-state index contributed by atoms with van der Waals surface area (Å²) >= 11 is 0.